The van der Waals surface area contributed by atoms with Gasteiger partial charge in [0.25, 0.3) is 0 Å². The molecule has 0 aliphatic heterocycles. The van der Waals surface area contributed by atoms with Crippen LogP contribution in [0.2, 0.25) is 0 Å². The number of hydrogen-bond donors (Lipinski definition) is 0. The number of benzene rings is 1. The summed E-state index contributed by atoms with van der Waals surface area (Å²) in [6, 6.07) is 8.05. The second-order valence-corrected chi connectivity index (χ2v) is 4.84. The highest BCUT2D eigenvalue weighted by Crippen LogP contribution is 2.51. The van der Waals surface area contributed by atoms with Gasteiger partial charge in [-0.05, 0) is 30.2 Å². The second kappa shape index (κ2) is 5.29. The predicted molar refractivity (Wildman–Crippen MR) is 66.8 cm³/mol. The zero-order valence-corrected chi connectivity index (χ0v) is 9.99. The lowest BCUT2D eigenvalue weighted by Gasteiger charge is -2.03. The van der Waals surface area contributed by atoms with Gasteiger partial charge in [0.1, 0.15) is 6.29 Å². The third-order valence-corrected chi connectivity index (χ3v) is 3.62. The molecule has 2 rings (SSSR count). The molecule has 0 bridgehead atoms. The van der Waals surface area contributed by atoms with Crippen LogP contribution in [0.15, 0.2) is 24.3 Å². The molecule has 0 heterocycles. The van der Waals surface area contributed by atoms with Crippen molar-refractivity contribution < 1.29 is 4.79 Å². The van der Waals surface area contributed by atoms with Crippen LogP contribution < -0.4 is 0 Å². The smallest absolute Gasteiger partial charge is 0.150 e. The summed E-state index contributed by atoms with van der Waals surface area (Å²) in [5.41, 5.74) is 2.17. The summed E-state index contributed by atoms with van der Waals surface area (Å²) in [5.74, 6) is 1.51. The van der Waals surface area contributed by atoms with Gasteiger partial charge in [-0.1, -0.05) is 50.5 Å². The molecule has 0 aromatic heterocycles. The zero-order valence-electron chi connectivity index (χ0n) is 9.99. The van der Waals surface area contributed by atoms with Crippen molar-refractivity contribution in [2.45, 2.75) is 44.9 Å². The SMILES string of the molecule is CCCCC[C@@H]1C[C@H]1c1ccccc1C=O. The van der Waals surface area contributed by atoms with Gasteiger partial charge in [-0.3, -0.25) is 4.79 Å². The molecule has 1 aliphatic carbocycles. The first-order valence-electron chi connectivity index (χ1n) is 6.41. The molecule has 1 saturated carbocycles. The van der Waals surface area contributed by atoms with Crippen LogP contribution in [-0.2, 0) is 0 Å². The van der Waals surface area contributed by atoms with Crippen molar-refractivity contribution >= 4 is 6.29 Å². The minimum atomic E-state index is 0.665. The summed E-state index contributed by atoms with van der Waals surface area (Å²) in [5, 5.41) is 0. The van der Waals surface area contributed by atoms with E-state index < -0.39 is 0 Å². The summed E-state index contributed by atoms with van der Waals surface area (Å²) in [7, 11) is 0. The Morgan fingerprint density at radius 3 is 2.88 bits per heavy atom. The largest absolute Gasteiger partial charge is 0.298 e. The Balaban J connectivity index is 1.92. The molecule has 0 saturated heterocycles. The van der Waals surface area contributed by atoms with Gasteiger partial charge in [0.05, 0.1) is 0 Å². The molecule has 16 heavy (non-hydrogen) atoms. The summed E-state index contributed by atoms with van der Waals surface area (Å²) in [6.07, 6.45) is 7.61. The number of rotatable bonds is 6. The Kier molecular flexibility index (Phi) is 3.76. The van der Waals surface area contributed by atoms with E-state index in [-0.39, 0.29) is 0 Å². The Morgan fingerprint density at radius 2 is 2.12 bits per heavy atom. The number of aldehydes is 1. The Labute approximate surface area is 97.9 Å². The van der Waals surface area contributed by atoms with Gasteiger partial charge in [0.15, 0.2) is 0 Å². The summed E-state index contributed by atoms with van der Waals surface area (Å²) < 4.78 is 0. The van der Waals surface area contributed by atoms with Crippen molar-refractivity contribution in [1.82, 2.24) is 0 Å². The van der Waals surface area contributed by atoms with E-state index in [0.717, 1.165) is 17.8 Å². The van der Waals surface area contributed by atoms with E-state index in [0.29, 0.717) is 5.92 Å². The maximum atomic E-state index is 10.9. The Morgan fingerprint density at radius 1 is 1.31 bits per heavy atom. The number of unbranched alkanes of at least 4 members (excludes halogenated alkanes) is 2. The lowest BCUT2D eigenvalue weighted by atomic mass is 10.0. The molecule has 0 unspecified atom stereocenters. The van der Waals surface area contributed by atoms with Gasteiger partial charge in [-0.15, -0.1) is 0 Å². The molecule has 0 spiro atoms. The van der Waals surface area contributed by atoms with E-state index in [9.17, 15) is 4.79 Å². The lowest BCUT2D eigenvalue weighted by molar-refractivity contribution is 0.112. The first-order valence-corrected chi connectivity index (χ1v) is 6.41. The maximum absolute atomic E-state index is 10.9. The Bertz CT molecular complexity index is 356. The fourth-order valence-electron chi connectivity index (χ4n) is 2.56. The van der Waals surface area contributed by atoms with Gasteiger partial charge in [-0.2, -0.15) is 0 Å². The van der Waals surface area contributed by atoms with E-state index in [1.54, 1.807) is 0 Å². The fourth-order valence-corrected chi connectivity index (χ4v) is 2.56. The van der Waals surface area contributed by atoms with Crippen LogP contribution in [0.3, 0.4) is 0 Å². The van der Waals surface area contributed by atoms with Crippen LogP contribution in [0.25, 0.3) is 0 Å². The zero-order chi connectivity index (χ0) is 11.4. The third-order valence-electron chi connectivity index (χ3n) is 3.62. The first kappa shape index (κ1) is 11.4. The van der Waals surface area contributed by atoms with Crippen LogP contribution in [0, 0.1) is 5.92 Å². The van der Waals surface area contributed by atoms with Crippen LogP contribution in [0.5, 0.6) is 0 Å². The van der Waals surface area contributed by atoms with Gasteiger partial charge >= 0.3 is 0 Å². The topological polar surface area (TPSA) is 17.1 Å². The highest BCUT2D eigenvalue weighted by molar-refractivity contribution is 5.77. The summed E-state index contributed by atoms with van der Waals surface area (Å²) >= 11 is 0. The molecular formula is C15H20O. The number of carbonyl (C=O) groups is 1. The standard InChI is InChI=1S/C15H20O/c1-2-3-4-7-12-10-15(12)14-9-6-5-8-13(14)11-16/h5-6,8-9,11-12,15H,2-4,7,10H2,1H3/t12-,15-/m1/s1. The Hall–Kier alpha value is -1.11. The van der Waals surface area contributed by atoms with E-state index in [4.69, 9.17) is 0 Å². The summed E-state index contributed by atoms with van der Waals surface area (Å²) in [6.45, 7) is 2.24. The monoisotopic (exact) mass is 216 g/mol. The van der Waals surface area contributed by atoms with Gasteiger partial charge < -0.3 is 0 Å². The normalized spacial score (nSPS) is 23.1. The molecule has 1 heteroatoms. The average molecular weight is 216 g/mol. The van der Waals surface area contributed by atoms with E-state index in [2.05, 4.69) is 13.0 Å². The molecule has 1 aromatic carbocycles. The number of carbonyl (C=O) groups excluding carboxylic acids is 1. The van der Waals surface area contributed by atoms with Crippen LogP contribution >= 0.6 is 0 Å². The maximum Gasteiger partial charge on any atom is 0.150 e. The van der Waals surface area contributed by atoms with Crippen molar-refractivity contribution in [3.63, 3.8) is 0 Å². The van der Waals surface area contributed by atoms with Crippen LogP contribution in [-0.4, -0.2) is 6.29 Å². The van der Waals surface area contributed by atoms with Crippen LogP contribution in [0.1, 0.15) is 60.9 Å². The predicted octanol–water partition coefficient (Wildman–Crippen LogP) is 4.18. The van der Waals surface area contributed by atoms with E-state index in [1.807, 2.05) is 18.2 Å². The third kappa shape index (κ3) is 2.52. The van der Waals surface area contributed by atoms with Crippen molar-refractivity contribution in [1.29, 1.82) is 0 Å². The molecule has 86 valence electrons. The van der Waals surface area contributed by atoms with Crippen LogP contribution in [0.4, 0.5) is 0 Å². The fraction of sp³-hybridized carbons (Fsp3) is 0.533. The molecule has 1 fully saturated rings. The minimum Gasteiger partial charge on any atom is -0.298 e. The molecule has 0 amide bonds. The molecule has 2 atom stereocenters. The van der Waals surface area contributed by atoms with Crippen molar-refractivity contribution in [3.05, 3.63) is 35.4 Å². The van der Waals surface area contributed by atoms with Crippen molar-refractivity contribution in [3.8, 4) is 0 Å². The molecule has 1 nitrogen and oxygen atoms in total. The molecule has 1 aliphatic rings. The van der Waals surface area contributed by atoms with Gasteiger partial charge in [0.2, 0.25) is 0 Å². The van der Waals surface area contributed by atoms with Crippen molar-refractivity contribution in [2.24, 2.45) is 5.92 Å². The van der Waals surface area contributed by atoms with Gasteiger partial charge in [0, 0.05) is 5.56 Å². The average Bonchev–Trinajstić information content (AvgIpc) is 3.09. The highest BCUT2D eigenvalue weighted by Gasteiger charge is 2.38. The molecule has 1 aromatic rings. The second-order valence-electron chi connectivity index (χ2n) is 4.84. The first-order chi connectivity index (χ1) is 7.86. The number of hydrogen-bond acceptors (Lipinski definition) is 1. The molecular weight excluding hydrogens is 196 g/mol. The lowest BCUT2D eigenvalue weighted by Crippen LogP contribution is -1.91. The molecule has 0 radical (unpaired) electrons. The quantitative estimate of drug-likeness (QED) is 0.515. The minimum absolute atomic E-state index is 0.665. The highest BCUT2D eigenvalue weighted by atomic mass is 16.1. The van der Waals surface area contributed by atoms with Gasteiger partial charge in [-0.25, -0.2) is 0 Å². The molecule has 0 N–H and O–H groups in total. The van der Waals surface area contributed by atoms with Crippen molar-refractivity contribution in [2.75, 3.05) is 0 Å². The summed E-state index contributed by atoms with van der Waals surface area (Å²) in [4.78, 5) is 10.9. The van der Waals surface area contributed by atoms with E-state index >= 15 is 0 Å². The van der Waals surface area contributed by atoms with E-state index in [1.165, 1.54) is 37.7 Å².